The zero-order valence-corrected chi connectivity index (χ0v) is 10.1. The molecule has 0 saturated heterocycles. The van der Waals surface area contributed by atoms with Gasteiger partial charge in [-0.2, -0.15) is 0 Å². The molecular weight excluding hydrogens is 206 g/mol. The number of amides is 1. The summed E-state index contributed by atoms with van der Waals surface area (Å²) >= 11 is 0. The molecule has 4 nitrogen and oxygen atoms in total. The SMILES string of the molecule is CCOC1CCC(OCCCC(N)=O)CC1. The van der Waals surface area contributed by atoms with Crippen LogP contribution in [-0.2, 0) is 14.3 Å². The van der Waals surface area contributed by atoms with E-state index in [4.69, 9.17) is 15.2 Å². The molecule has 0 aromatic heterocycles. The third-order valence-electron chi connectivity index (χ3n) is 2.94. The zero-order chi connectivity index (χ0) is 11.8. The molecule has 2 N–H and O–H groups in total. The van der Waals surface area contributed by atoms with Crippen LogP contribution in [0.2, 0.25) is 0 Å². The second kappa shape index (κ2) is 7.63. The third kappa shape index (κ3) is 5.47. The van der Waals surface area contributed by atoms with Crippen LogP contribution in [0.25, 0.3) is 0 Å². The van der Waals surface area contributed by atoms with E-state index in [0.717, 1.165) is 38.7 Å². The number of nitrogens with two attached hydrogens (primary N) is 1. The standard InChI is InChI=1S/C12H23NO3/c1-2-15-10-5-7-11(8-6-10)16-9-3-4-12(13)14/h10-11H,2-9H2,1H3,(H2,13,14). The van der Waals surface area contributed by atoms with E-state index in [0.29, 0.717) is 25.2 Å². The number of hydrogen-bond acceptors (Lipinski definition) is 3. The number of ether oxygens (including phenoxy) is 2. The predicted molar refractivity (Wildman–Crippen MR) is 62.1 cm³/mol. The monoisotopic (exact) mass is 229 g/mol. The molecule has 1 fully saturated rings. The first-order valence-electron chi connectivity index (χ1n) is 6.24. The van der Waals surface area contributed by atoms with Crippen molar-refractivity contribution in [3.63, 3.8) is 0 Å². The number of rotatable bonds is 7. The molecule has 16 heavy (non-hydrogen) atoms. The predicted octanol–water partition coefficient (Wildman–Crippen LogP) is 1.62. The minimum absolute atomic E-state index is 0.247. The molecule has 0 radical (unpaired) electrons. The Labute approximate surface area is 97.5 Å². The minimum atomic E-state index is -0.247. The van der Waals surface area contributed by atoms with Crippen LogP contribution in [0.1, 0.15) is 45.4 Å². The van der Waals surface area contributed by atoms with Crippen molar-refractivity contribution in [2.45, 2.75) is 57.7 Å². The first kappa shape index (κ1) is 13.5. The van der Waals surface area contributed by atoms with Gasteiger partial charge in [0.05, 0.1) is 12.2 Å². The molecular formula is C12H23NO3. The second-order valence-electron chi connectivity index (χ2n) is 4.29. The zero-order valence-electron chi connectivity index (χ0n) is 10.1. The van der Waals surface area contributed by atoms with E-state index in [1.807, 2.05) is 6.92 Å². The van der Waals surface area contributed by atoms with Gasteiger partial charge >= 0.3 is 0 Å². The molecule has 0 aliphatic heterocycles. The summed E-state index contributed by atoms with van der Waals surface area (Å²) in [4.78, 5) is 10.5. The average molecular weight is 229 g/mol. The minimum Gasteiger partial charge on any atom is -0.379 e. The Morgan fingerprint density at radius 3 is 2.25 bits per heavy atom. The molecule has 4 heteroatoms. The van der Waals surface area contributed by atoms with Gasteiger partial charge in [0.15, 0.2) is 0 Å². The van der Waals surface area contributed by atoms with Crippen LogP contribution in [0.15, 0.2) is 0 Å². The number of carbonyl (C=O) groups excluding carboxylic acids is 1. The highest BCUT2D eigenvalue weighted by molar-refractivity contribution is 5.73. The van der Waals surface area contributed by atoms with Crippen molar-refractivity contribution < 1.29 is 14.3 Å². The smallest absolute Gasteiger partial charge is 0.217 e. The van der Waals surface area contributed by atoms with Gasteiger partial charge in [0, 0.05) is 19.6 Å². The molecule has 1 saturated carbocycles. The summed E-state index contributed by atoms with van der Waals surface area (Å²) in [5.41, 5.74) is 5.05. The van der Waals surface area contributed by atoms with Crippen LogP contribution < -0.4 is 5.73 Å². The van der Waals surface area contributed by atoms with Crippen LogP contribution in [0, 0.1) is 0 Å². The summed E-state index contributed by atoms with van der Waals surface area (Å²) in [6.07, 6.45) is 6.26. The molecule has 0 bridgehead atoms. The summed E-state index contributed by atoms with van der Waals surface area (Å²) in [7, 11) is 0. The van der Waals surface area contributed by atoms with Crippen LogP contribution in [0.3, 0.4) is 0 Å². The van der Waals surface area contributed by atoms with Gasteiger partial charge in [0.1, 0.15) is 0 Å². The highest BCUT2D eigenvalue weighted by atomic mass is 16.5. The van der Waals surface area contributed by atoms with E-state index in [-0.39, 0.29) is 5.91 Å². The molecule has 0 aromatic carbocycles. The molecule has 0 spiro atoms. The van der Waals surface area contributed by atoms with E-state index in [9.17, 15) is 4.79 Å². The van der Waals surface area contributed by atoms with Gasteiger partial charge in [0.25, 0.3) is 0 Å². The van der Waals surface area contributed by atoms with E-state index in [1.165, 1.54) is 0 Å². The topological polar surface area (TPSA) is 61.6 Å². The fraction of sp³-hybridized carbons (Fsp3) is 0.917. The Balaban J connectivity index is 2.01. The summed E-state index contributed by atoms with van der Waals surface area (Å²) in [5, 5.41) is 0. The highest BCUT2D eigenvalue weighted by Gasteiger charge is 2.21. The molecule has 1 amide bonds. The summed E-state index contributed by atoms with van der Waals surface area (Å²) in [5.74, 6) is -0.247. The van der Waals surface area contributed by atoms with Crippen LogP contribution in [0.4, 0.5) is 0 Å². The van der Waals surface area contributed by atoms with Crippen LogP contribution in [-0.4, -0.2) is 31.3 Å². The van der Waals surface area contributed by atoms with Crippen molar-refractivity contribution in [3.05, 3.63) is 0 Å². The molecule has 0 heterocycles. The average Bonchev–Trinajstić information content (AvgIpc) is 2.27. The van der Waals surface area contributed by atoms with Crippen molar-refractivity contribution in [1.29, 1.82) is 0 Å². The molecule has 0 unspecified atom stereocenters. The van der Waals surface area contributed by atoms with Gasteiger partial charge in [-0.1, -0.05) is 0 Å². The largest absolute Gasteiger partial charge is 0.379 e. The fourth-order valence-electron chi connectivity index (χ4n) is 2.10. The lowest BCUT2D eigenvalue weighted by atomic mass is 9.95. The first-order chi connectivity index (χ1) is 7.72. The van der Waals surface area contributed by atoms with Crippen molar-refractivity contribution in [3.8, 4) is 0 Å². The van der Waals surface area contributed by atoms with Gasteiger partial charge in [-0.05, 0) is 39.0 Å². The van der Waals surface area contributed by atoms with E-state index < -0.39 is 0 Å². The van der Waals surface area contributed by atoms with Crippen molar-refractivity contribution in [2.24, 2.45) is 5.73 Å². The van der Waals surface area contributed by atoms with E-state index in [2.05, 4.69) is 0 Å². The molecule has 1 aliphatic rings. The Bertz CT molecular complexity index is 200. The number of hydrogen-bond donors (Lipinski definition) is 1. The fourth-order valence-corrected chi connectivity index (χ4v) is 2.10. The Hall–Kier alpha value is -0.610. The molecule has 94 valence electrons. The highest BCUT2D eigenvalue weighted by Crippen LogP contribution is 2.23. The quantitative estimate of drug-likeness (QED) is 0.675. The maximum Gasteiger partial charge on any atom is 0.217 e. The van der Waals surface area contributed by atoms with Gasteiger partial charge in [-0.3, -0.25) is 4.79 Å². The van der Waals surface area contributed by atoms with Crippen LogP contribution in [0.5, 0.6) is 0 Å². The van der Waals surface area contributed by atoms with Gasteiger partial charge in [-0.25, -0.2) is 0 Å². The molecule has 0 aromatic rings. The number of primary amides is 1. The summed E-state index contributed by atoms with van der Waals surface area (Å²) in [6, 6.07) is 0. The lowest BCUT2D eigenvalue weighted by Gasteiger charge is -2.28. The Morgan fingerprint density at radius 1 is 1.19 bits per heavy atom. The third-order valence-corrected chi connectivity index (χ3v) is 2.94. The van der Waals surface area contributed by atoms with Crippen molar-refractivity contribution >= 4 is 5.91 Å². The Kier molecular flexibility index (Phi) is 6.42. The van der Waals surface area contributed by atoms with Crippen LogP contribution >= 0.6 is 0 Å². The Morgan fingerprint density at radius 2 is 1.75 bits per heavy atom. The van der Waals surface area contributed by atoms with Gasteiger partial charge in [-0.15, -0.1) is 0 Å². The second-order valence-corrected chi connectivity index (χ2v) is 4.29. The summed E-state index contributed by atoms with van der Waals surface area (Å²) in [6.45, 7) is 3.48. The maximum absolute atomic E-state index is 10.5. The van der Waals surface area contributed by atoms with E-state index in [1.54, 1.807) is 0 Å². The molecule has 1 rings (SSSR count). The lowest BCUT2D eigenvalue weighted by Crippen LogP contribution is -2.27. The lowest BCUT2D eigenvalue weighted by molar-refractivity contribution is -0.118. The molecule has 1 aliphatic carbocycles. The summed E-state index contributed by atoms with van der Waals surface area (Å²) < 4.78 is 11.3. The first-order valence-corrected chi connectivity index (χ1v) is 6.24. The van der Waals surface area contributed by atoms with Crippen molar-refractivity contribution in [2.75, 3.05) is 13.2 Å². The van der Waals surface area contributed by atoms with Gasteiger partial charge in [0.2, 0.25) is 5.91 Å². The van der Waals surface area contributed by atoms with Crippen molar-refractivity contribution in [1.82, 2.24) is 0 Å². The molecule has 0 atom stereocenters. The van der Waals surface area contributed by atoms with E-state index >= 15 is 0 Å². The van der Waals surface area contributed by atoms with Gasteiger partial charge < -0.3 is 15.2 Å². The maximum atomic E-state index is 10.5. The number of carbonyl (C=O) groups is 1. The normalized spacial score (nSPS) is 25.6.